The normalized spacial score (nSPS) is 13.2. The first-order valence-corrected chi connectivity index (χ1v) is 12.7. The van der Waals surface area contributed by atoms with Crippen molar-refractivity contribution < 1.29 is 17.6 Å². The second kappa shape index (κ2) is 7.03. The molecule has 0 aliphatic carbocycles. The zero-order chi connectivity index (χ0) is 17.2. The Balaban J connectivity index is 2.65. The van der Waals surface area contributed by atoms with Gasteiger partial charge in [0.25, 0.3) is 0 Å². The maximum atomic E-state index is 11.6. The van der Waals surface area contributed by atoms with Gasteiger partial charge in [-0.2, -0.15) is 0 Å². The van der Waals surface area contributed by atoms with Gasteiger partial charge in [-0.05, 0) is 36.3 Å². The first-order chi connectivity index (χ1) is 9.83. The van der Waals surface area contributed by atoms with Crippen LogP contribution < -0.4 is 4.74 Å². The van der Waals surface area contributed by atoms with Crippen LogP contribution in [0.15, 0.2) is 27.6 Å². The van der Waals surface area contributed by atoms with E-state index in [-0.39, 0.29) is 9.93 Å². The van der Waals surface area contributed by atoms with Gasteiger partial charge in [-0.15, -0.1) is 0 Å². The van der Waals surface area contributed by atoms with Crippen molar-refractivity contribution in [3.8, 4) is 5.75 Å². The number of halogens is 1. The molecule has 0 saturated carbocycles. The maximum Gasteiger partial charge on any atom is 0.192 e. The van der Waals surface area contributed by atoms with E-state index in [1.54, 1.807) is 12.1 Å². The Morgan fingerprint density at radius 1 is 1.14 bits per heavy atom. The Morgan fingerprint density at radius 3 is 2.23 bits per heavy atom. The maximum absolute atomic E-state index is 11.6. The molecule has 0 fully saturated rings. The van der Waals surface area contributed by atoms with Crippen molar-refractivity contribution in [3.05, 3.63) is 22.7 Å². The average Bonchev–Trinajstić information content (AvgIpc) is 2.31. The van der Waals surface area contributed by atoms with Gasteiger partial charge in [0.1, 0.15) is 12.4 Å². The van der Waals surface area contributed by atoms with Crippen LogP contribution in [-0.4, -0.2) is 36.2 Å². The fourth-order valence-corrected chi connectivity index (χ4v) is 3.83. The minimum atomic E-state index is -3.26. The van der Waals surface area contributed by atoms with Gasteiger partial charge in [0.05, 0.1) is 11.5 Å². The topological polar surface area (TPSA) is 52.6 Å². The SMILES string of the molecule is CC(C)(C)[Si](C)(C)OCCOc1cc(Br)cc(S(C)(=O)=O)c1. The van der Waals surface area contributed by atoms with Crippen molar-refractivity contribution in [1.29, 1.82) is 0 Å². The molecule has 22 heavy (non-hydrogen) atoms. The summed E-state index contributed by atoms with van der Waals surface area (Å²) in [5, 5.41) is 0.159. The zero-order valence-electron chi connectivity index (χ0n) is 14.1. The van der Waals surface area contributed by atoms with E-state index in [2.05, 4.69) is 49.8 Å². The molecule has 0 radical (unpaired) electrons. The van der Waals surface area contributed by atoms with Gasteiger partial charge in [0.2, 0.25) is 0 Å². The number of sulfone groups is 1. The van der Waals surface area contributed by atoms with Crippen molar-refractivity contribution in [2.45, 2.75) is 43.8 Å². The Kier molecular flexibility index (Phi) is 6.28. The summed E-state index contributed by atoms with van der Waals surface area (Å²) in [5.41, 5.74) is 0. The van der Waals surface area contributed by atoms with Crippen LogP contribution in [0.5, 0.6) is 5.75 Å². The van der Waals surface area contributed by atoms with Gasteiger partial charge in [0, 0.05) is 10.7 Å². The highest BCUT2D eigenvalue weighted by Gasteiger charge is 2.36. The van der Waals surface area contributed by atoms with Gasteiger partial charge < -0.3 is 9.16 Å². The molecule has 0 aliphatic heterocycles. The predicted octanol–water partition coefficient (Wildman–Crippen LogP) is 4.25. The highest BCUT2D eigenvalue weighted by Crippen LogP contribution is 2.36. The van der Waals surface area contributed by atoms with Crippen LogP contribution in [0.3, 0.4) is 0 Å². The molecule has 126 valence electrons. The third-order valence-electron chi connectivity index (χ3n) is 3.89. The second-order valence-corrected chi connectivity index (χ2v) is 14.6. The lowest BCUT2D eigenvalue weighted by molar-refractivity contribution is 0.203. The number of hydrogen-bond acceptors (Lipinski definition) is 4. The van der Waals surface area contributed by atoms with Crippen molar-refractivity contribution in [1.82, 2.24) is 0 Å². The highest BCUT2D eigenvalue weighted by atomic mass is 79.9. The Labute approximate surface area is 143 Å². The Bertz CT molecular complexity index is 621. The first-order valence-electron chi connectivity index (χ1n) is 7.10. The largest absolute Gasteiger partial charge is 0.491 e. The molecule has 1 aromatic rings. The molecule has 0 saturated heterocycles. The van der Waals surface area contributed by atoms with Crippen molar-refractivity contribution >= 4 is 34.1 Å². The van der Waals surface area contributed by atoms with Crippen molar-refractivity contribution in [2.24, 2.45) is 0 Å². The summed E-state index contributed by atoms with van der Waals surface area (Å²) >= 11 is 3.30. The standard InChI is InChI=1S/C15H25BrO4SSi/c1-15(2,3)22(5,6)20-8-7-19-13-9-12(16)10-14(11-13)21(4,17)18/h9-11H,7-8H2,1-6H3. The van der Waals surface area contributed by atoms with Crippen LogP contribution in [0.1, 0.15) is 20.8 Å². The summed E-state index contributed by atoms with van der Waals surface area (Å²) in [4.78, 5) is 0.238. The van der Waals surface area contributed by atoms with Crippen LogP contribution >= 0.6 is 15.9 Å². The molecule has 0 atom stereocenters. The average molecular weight is 409 g/mol. The fourth-order valence-electron chi connectivity index (χ4n) is 1.51. The van der Waals surface area contributed by atoms with E-state index in [9.17, 15) is 8.42 Å². The van der Waals surface area contributed by atoms with Gasteiger partial charge in [-0.3, -0.25) is 0 Å². The molecular weight excluding hydrogens is 384 g/mol. The van der Waals surface area contributed by atoms with Crippen LogP contribution in [0.4, 0.5) is 0 Å². The minimum absolute atomic E-state index is 0.159. The lowest BCUT2D eigenvalue weighted by Gasteiger charge is -2.36. The number of benzene rings is 1. The van der Waals surface area contributed by atoms with Crippen molar-refractivity contribution in [2.75, 3.05) is 19.5 Å². The van der Waals surface area contributed by atoms with E-state index in [1.807, 2.05) is 0 Å². The number of rotatable bonds is 6. The molecule has 0 heterocycles. The molecule has 0 spiro atoms. The molecular formula is C15H25BrO4SSi. The summed E-state index contributed by atoms with van der Waals surface area (Å²) in [6.07, 6.45) is 1.18. The van der Waals surface area contributed by atoms with E-state index in [1.165, 1.54) is 12.3 Å². The molecule has 1 rings (SSSR count). The van der Waals surface area contributed by atoms with Crippen molar-refractivity contribution in [3.63, 3.8) is 0 Å². The van der Waals surface area contributed by atoms with Gasteiger partial charge in [-0.1, -0.05) is 36.7 Å². The molecule has 0 aromatic heterocycles. The summed E-state index contributed by atoms with van der Waals surface area (Å²) < 4.78 is 35.6. The predicted molar refractivity (Wildman–Crippen MR) is 95.9 cm³/mol. The lowest BCUT2D eigenvalue weighted by atomic mass is 10.2. The number of ether oxygens (including phenoxy) is 1. The first kappa shape index (κ1) is 19.7. The smallest absolute Gasteiger partial charge is 0.192 e. The van der Waals surface area contributed by atoms with Gasteiger partial charge in [0.15, 0.2) is 18.2 Å². The molecule has 0 bridgehead atoms. The fraction of sp³-hybridized carbons (Fsp3) is 0.600. The molecule has 4 nitrogen and oxygen atoms in total. The molecule has 7 heteroatoms. The molecule has 0 unspecified atom stereocenters. The summed E-state index contributed by atoms with van der Waals surface area (Å²) in [6, 6.07) is 4.85. The summed E-state index contributed by atoms with van der Waals surface area (Å²) in [7, 11) is -5.04. The van der Waals surface area contributed by atoms with Crippen LogP contribution in [-0.2, 0) is 14.3 Å². The molecule has 0 N–H and O–H groups in total. The Hall–Kier alpha value is -0.373. The Morgan fingerprint density at radius 2 is 1.73 bits per heavy atom. The van der Waals surface area contributed by atoms with E-state index in [0.717, 1.165) is 0 Å². The van der Waals surface area contributed by atoms with Gasteiger partial charge >= 0.3 is 0 Å². The third-order valence-corrected chi connectivity index (χ3v) is 9.98. The molecule has 0 aliphatic rings. The van der Waals surface area contributed by atoms with E-state index >= 15 is 0 Å². The van der Waals surface area contributed by atoms with E-state index in [4.69, 9.17) is 9.16 Å². The van der Waals surface area contributed by atoms with E-state index < -0.39 is 18.2 Å². The van der Waals surface area contributed by atoms with Crippen LogP contribution in [0, 0.1) is 0 Å². The van der Waals surface area contributed by atoms with Crippen LogP contribution in [0.2, 0.25) is 18.1 Å². The summed E-state index contributed by atoms with van der Waals surface area (Å²) in [5.74, 6) is 0.522. The summed E-state index contributed by atoms with van der Waals surface area (Å²) in [6.45, 7) is 11.8. The van der Waals surface area contributed by atoms with E-state index in [0.29, 0.717) is 23.4 Å². The quantitative estimate of drug-likeness (QED) is 0.521. The minimum Gasteiger partial charge on any atom is -0.491 e. The van der Waals surface area contributed by atoms with Gasteiger partial charge in [-0.25, -0.2) is 8.42 Å². The highest BCUT2D eigenvalue weighted by molar-refractivity contribution is 9.10. The monoisotopic (exact) mass is 408 g/mol. The number of hydrogen-bond donors (Lipinski definition) is 0. The lowest BCUT2D eigenvalue weighted by Crippen LogP contribution is -2.41. The zero-order valence-corrected chi connectivity index (χ0v) is 17.5. The molecule has 0 amide bonds. The van der Waals surface area contributed by atoms with Crippen LogP contribution in [0.25, 0.3) is 0 Å². The second-order valence-electron chi connectivity index (χ2n) is 6.85. The third kappa shape index (κ3) is 5.68. The molecule has 1 aromatic carbocycles.